The molecule has 0 aliphatic rings. The first-order valence-corrected chi connectivity index (χ1v) is 15.8. The largest absolute Gasteiger partial charge is 0.494 e. The molecule has 0 aliphatic heterocycles. The maximum Gasteiger partial charge on any atom is 0.203 e. The van der Waals surface area contributed by atoms with Crippen molar-refractivity contribution in [3.05, 3.63) is 96.1 Å². The van der Waals surface area contributed by atoms with Crippen LogP contribution in [-0.2, 0) is 0 Å². The molecule has 0 spiro atoms. The van der Waals surface area contributed by atoms with Crippen LogP contribution in [0.25, 0.3) is 26.9 Å². The Hall–Kier alpha value is -5.02. The van der Waals surface area contributed by atoms with Crippen LogP contribution in [0.4, 0.5) is 0 Å². The minimum atomic E-state index is -0.205. The molecule has 5 rings (SSSR count). The van der Waals surface area contributed by atoms with E-state index in [2.05, 4.69) is 18.2 Å². The first-order chi connectivity index (χ1) is 22.5. The zero-order chi connectivity index (χ0) is 32.3. The van der Waals surface area contributed by atoms with Crippen LogP contribution in [0.1, 0.15) is 35.2 Å². The van der Waals surface area contributed by atoms with Crippen molar-refractivity contribution in [3.63, 3.8) is 0 Å². The van der Waals surface area contributed by atoms with Crippen molar-refractivity contribution >= 4 is 33.4 Å². The highest BCUT2D eigenvalue weighted by Crippen LogP contribution is 2.38. The number of fused-ring (bicyclic) bond motifs is 1. The van der Waals surface area contributed by atoms with E-state index in [9.17, 15) is 4.79 Å². The Morgan fingerprint density at radius 2 is 1.41 bits per heavy atom. The fraction of sp³-hybridized carbons (Fsp3) is 0.243. The Labute approximate surface area is 273 Å². The van der Waals surface area contributed by atoms with E-state index in [0.29, 0.717) is 47.5 Å². The molecule has 0 fully saturated rings. The summed E-state index contributed by atoms with van der Waals surface area (Å²) in [6, 6.07) is 25.1. The van der Waals surface area contributed by atoms with Gasteiger partial charge in [0.2, 0.25) is 5.75 Å². The molecule has 0 atom stereocenters. The molecule has 0 bridgehead atoms. The quantitative estimate of drug-likeness (QED) is 0.0604. The second-order valence-electron chi connectivity index (χ2n) is 10.3. The third-order valence-electron chi connectivity index (χ3n) is 7.27. The van der Waals surface area contributed by atoms with E-state index in [1.807, 2.05) is 48.5 Å². The summed E-state index contributed by atoms with van der Waals surface area (Å²) in [7, 11) is 6.15. The second kappa shape index (κ2) is 15.8. The summed E-state index contributed by atoms with van der Waals surface area (Å²) in [6.07, 6.45) is 5.96. The van der Waals surface area contributed by atoms with Crippen molar-refractivity contribution in [1.82, 2.24) is 4.98 Å². The standard InChI is InChI=1S/C37H37NO7S/c1-40-31-19-13-25(12-18-30(39)27-23-33(41-2)36(43-4)34(24-27)42-3)22-32(31)45-21-9-5-8-20-44-28-16-14-26(15-17-28)37-38-29-10-6-7-11-35(29)46-37/h6-7,10-19,22-24H,5,8-9,20-21H2,1-4H3. The number of ketones is 1. The van der Waals surface area contributed by atoms with E-state index in [1.165, 1.54) is 32.1 Å². The van der Waals surface area contributed by atoms with Crippen molar-refractivity contribution in [2.45, 2.75) is 19.3 Å². The number of para-hydroxylation sites is 1. The molecular formula is C37H37NO7S. The molecule has 4 aromatic carbocycles. The molecule has 238 valence electrons. The lowest BCUT2D eigenvalue weighted by atomic mass is 10.1. The molecule has 8 nitrogen and oxygen atoms in total. The van der Waals surface area contributed by atoms with Gasteiger partial charge in [-0.15, -0.1) is 11.3 Å². The van der Waals surface area contributed by atoms with Crippen molar-refractivity contribution in [2.24, 2.45) is 0 Å². The Morgan fingerprint density at radius 1 is 0.717 bits per heavy atom. The molecule has 0 amide bonds. The minimum Gasteiger partial charge on any atom is -0.494 e. The van der Waals surface area contributed by atoms with Crippen molar-refractivity contribution in [3.8, 4) is 45.1 Å². The van der Waals surface area contributed by atoms with Crippen LogP contribution in [-0.4, -0.2) is 52.4 Å². The molecule has 0 saturated carbocycles. The lowest BCUT2D eigenvalue weighted by Gasteiger charge is -2.13. The zero-order valence-electron chi connectivity index (χ0n) is 26.4. The average molecular weight is 640 g/mol. The third kappa shape index (κ3) is 7.97. The molecule has 5 aromatic rings. The van der Waals surface area contributed by atoms with Crippen LogP contribution in [0.3, 0.4) is 0 Å². The molecule has 0 unspecified atom stereocenters. The molecule has 0 saturated heterocycles. The predicted octanol–water partition coefficient (Wildman–Crippen LogP) is 8.52. The number of unbranched alkanes of at least 4 members (excludes halogenated alkanes) is 2. The summed E-state index contributed by atoms with van der Waals surface area (Å²) in [6.45, 7) is 1.16. The lowest BCUT2D eigenvalue weighted by molar-refractivity contribution is 0.104. The van der Waals surface area contributed by atoms with Gasteiger partial charge in [-0.05, 0) is 91.6 Å². The number of nitrogens with zero attached hydrogens (tertiary/aromatic N) is 1. The first kappa shape index (κ1) is 32.4. The molecule has 0 aliphatic carbocycles. The van der Waals surface area contributed by atoms with Crippen LogP contribution in [0, 0.1) is 0 Å². The molecule has 0 radical (unpaired) electrons. The van der Waals surface area contributed by atoms with E-state index in [1.54, 1.807) is 36.7 Å². The lowest BCUT2D eigenvalue weighted by Crippen LogP contribution is -2.02. The highest BCUT2D eigenvalue weighted by molar-refractivity contribution is 7.21. The van der Waals surface area contributed by atoms with Crippen LogP contribution < -0.4 is 28.4 Å². The smallest absolute Gasteiger partial charge is 0.203 e. The number of benzene rings is 4. The average Bonchev–Trinajstić information content (AvgIpc) is 3.54. The van der Waals surface area contributed by atoms with Crippen LogP contribution in [0.5, 0.6) is 34.5 Å². The van der Waals surface area contributed by atoms with Gasteiger partial charge in [0, 0.05) is 11.1 Å². The Kier molecular flexibility index (Phi) is 11.1. The number of methoxy groups -OCH3 is 4. The molecule has 9 heteroatoms. The summed E-state index contributed by atoms with van der Waals surface area (Å²) < 4.78 is 34.8. The van der Waals surface area contributed by atoms with Crippen molar-refractivity contribution < 1.29 is 33.2 Å². The Balaban J connectivity index is 1.08. The highest BCUT2D eigenvalue weighted by Gasteiger charge is 2.16. The van der Waals surface area contributed by atoms with Gasteiger partial charge < -0.3 is 28.4 Å². The monoisotopic (exact) mass is 639 g/mol. The fourth-order valence-corrected chi connectivity index (χ4v) is 5.81. The highest BCUT2D eigenvalue weighted by atomic mass is 32.1. The summed E-state index contributed by atoms with van der Waals surface area (Å²) >= 11 is 1.69. The maximum absolute atomic E-state index is 12.9. The van der Waals surface area contributed by atoms with Crippen LogP contribution in [0.2, 0.25) is 0 Å². The molecule has 46 heavy (non-hydrogen) atoms. The van der Waals surface area contributed by atoms with Gasteiger partial charge in [-0.1, -0.05) is 24.3 Å². The number of ether oxygens (including phenoxy) is 6. The van der Waals surface area contributed by atoms with Crippen molar-refractivity contribution in [1.29, 1.82) is 0 Å². The number of aromatic nitrogens is 1. The molecule has 0 N–H and O–H groups in total. The molecular weight excluding hydrogens is 602 g/mol. The van der Waals surface area contributed by atoms with Gasteiger partial charge in [0.1, 0.15) is 10.8 Å². The summed E-state index contributed by atoms with van der Waals surface area (Å²) in [4.78, 5) is 17.7. The number of thiazole rings is 1. The topological polar surface area (TPSA) is 85.3 Å². The van der Waals surface area contributed by atoms with E-state index in [0.717, 1.165) is 46.7 Å². The van der Waals surface area contributed by atoms with Gasteiger partial charge in [0.05, 0.1) is 51.9 Å². The summed E-state index contributed by atoms with van der Waals surface area (Å²) in [5.41, 5.74) is 3.33. The van der Waals surface area contributed by atoms with Gasteiger partial charge in [0.25, 0.3) is 0 Å². The van der Waals surface area contributed by atoms with E-state index < -0.39 is 0 Å². The molecule has 1 aromatic heterocycles. The second-order valence-corrected chi connectivity index (χ2v) is 11.3. The van der Waals surface area contributed by atoms with Crippen LogP contribution in [0.15, 0.2) is 84.9 Å². The summed E-state index contributed by atoms with van der Waals surface area (Å²) in [5.74, 6) is 3.16. The fourth-order valence-electron chi connectivity index (χ4n) is 4.84. The maximum atomic E-state index is 12.9. The normalized spacial score (nSPS) is 11.0. The number of hydrogen-bond acceptors (Lipinski definition) is 9. The van der Waals surface area contributed by atoms with Gasteiger partial charge in [-0.3, -0.25) is 4.79 Å². The van der Waals surface area contributed by atoms with E-state index in [-0.39, 0.29) is 5.78 Å². The number of hydrogen-bond donors (Lipinski definition) is 0. The number of allylic oxidation sites excluding steroid dienone is 1. The van der Waals surface area contributed by atoms with Crippen molar-refractivity contribution in [2.75, 3.05) is 41.7 Å². The van der Waals surface area contributed by atoms with E-state index >= 15 is 0 Å². The third-order valence-corrected chi connectivity index (χ3v) is 8.36. The zero-order valence-corrected chi connectivity index (χ0v) is 27.2. The van der Waals surface area contributed by atoms with Gasteiger partial charge in [-0.2, -0.15) is 0 Å². The summed E-state index contributed by atoms with van der Waals surface area (Å²) in [5, 5.41) is 1.01. The minimum absolute atomic E-state index is 0.205. The van der Waals surface area contributed by atoms with Gasteiger partial charge in [-0.25, -0.2) is 4.98 Å². The van der Waals surface area contributed by atoms with E-state index in [4.69, 9.17) is 33.4 Å². The molecule has 1 heterocycles. The van der Waals surface area contributed by atoms with Gasteiger partial charge >= 0.3 is 0 Å². The SMILES string of the molecule is COc1ccc(C=CC(=O)c2cc(OC)c(OC)c(OC)c2)cc1OCCCCCOc1ccc(-c2nc3ccccc3s2)cc1. The van der Waals surface area contributed by atoms with Crippen LogP contribution >= 0.6 is 11.3 Å². The number of carbonyl (C=O) groups excluding carboxylic acids is 1. The Morgan fingerprint density at radius 3 is 2.09 bits per heavy atom. The predicted molar refractivity (Wildman–Crippen MR) is 182 cm³/mol. The first-order valence-electron chi connectivity index (χ1n) is 14.9. The number of rotatable bonds is 16. The Bertz CT molecular complexity index is 1740. The number of carbonyl (C=O) groups is 1. The van der Waals surface area contributed by atoms with Gasteiger partial charge in [0.15, 0.2) is 28.8 Å².